The Hall–Kier alpha value is -2.95. The quantitative estimate of drug-likeness (QED) is 0.585. The summed E-state index contributed by atoms with van der Waals surface area (Å²) in [5.74, 6) is 0.490. The highest BCUT2D eigenvalue weighted by Crippen LogP contribution is 2.29. The molecule has 0 spiro atoms. The van der Waals surface area contributed by atoms with Gasteiger partial charge in [-0.15, -0.1) is 0 Å². The Morgan fingerprint density at radius 2 is 1.92 bits per heavy atom. The molecule has 3 rings (SSSR count). The summed E-state index contributed by atoms with van der Waals surface area (Å²) in [6.07, 6.45) is 8.15. The highest BCUT2D eigenvalue weighted by atomic mass is 16.6. The van der Waals surface area contributed by atoms with Crippen LogP contribution in [0.1, 0.15) is 29.7 Å². The van der Waals surface area contributed by atoms with E-state index in [1.807, 2.05) is 11.8 Å². The number of nitrogens with zero attached hydrogens (tertiary/aromatic N) is 3. The van der Waals surface area contributed by atoms with Crippen LogP contribution in [0.4, 0.5) is 11.5 Å². The van der Waals surface area contributed by atoms with Crippen LogP contribution in [0, 0.1) is 24.0 Å². The van der Waals surface area contributed by atoms with Gasteiger partial charge >= 0.3 is 5.69 Å². The average molecular weight is 349 g/mol. The summed E-state index contributed by atoms with van der Waals surface area (Å²) in [6.45, 7) is 5.45. The van der Waals surface area contributed by atoms with E-state index in [1.165, 1.54) is 16.7 Å². The molecule has 1 aromatic heterocycles. The molecule has 1 aliphatic rings. The van der Waals surface area contributed by atoms with Crippen LogP contribution in [0.5, 0.6) is 0 Å². The fourth-order valence-corrected chi connectivity index (χ4v) is 3.15. The molecule has 0 radical (unpaired) electrons. The Balaban J connectivity index is 1.66. The van der Waals surface area contributed by atoms with E-state index in [9.17, 15) is 10.1 Å². The predicted molar refractivity (Wildman–Crippen MR) is 105 cm³/mol. The summed E-state index contributed by atoms with van der Waals surface area (Å²) < 4.78 is 0. The second kappa shape index (κ2) is 7.95. The smallest absolute Gasteiger partial charge is 0.311 e. The number of allylic oxidation sites excluding steroid dienone is 2. The maximum Gasteiger partial charge on any atom is 0.311 e. The molecule has 0 amide bonds. The molecule has 0 N–H and O–H groups in total. The van der Waals surface area contributed by atoms with Crippen molar-refractivity contribution < 1.29 is 4.92 Å². The molecule has 0 saturated carbocycles. The van der Waals surface area contributed by atoms with Gasteiger partial charge in [0.25, 0.3) is 0 Å². The molecule has 1 saturated heterocycles. The maximum absolute atomic E-state index is 11.3. The Morgan fingerprint density at radius 1 is 1.15 bits per heavy atom. The van der Waals surface area contributed by atoms with Crippen molar-refractivity contribution in [1.82, 2.24) is 4.98 Å². The van der Waals surface area contributed by atoms with E-state index in [4.69, 9.17) is 0 Å². The molecule has 1 aromatic carbocycles. The molecule has 5 heteroatoms. The van der Waals surface area contributed by atoms with Gasteiger partial charge in [0.15, 0.2) is 0 Å². The van der Waals surface area contributed by atoms with Crippen LogP contribution in [-0.2, 0) is 0 Å². The Kier molecular flexibility index (Phi) is 5.46. The Bertz CT molecular complexity index is 861. The van der Waals surface area contributed by atoms with E-state index in [2.05, 4.69) is 54.4 Å². The first-order valence-corrected chi connectivity index (χ1v) is 8.83. The van der Waals surface area contributed by atoms with Crippen molar-refractivity contribution in [3.63, 3.8) is 0 Å². The van der Waals surface area contributed by atoms with E-state index in [-0.39, 0.29) is 10.6 Å². The largest absolute Gasteiger partial charge is 0.350 e. The van der Waals surface area contributed by atoms with Gasteiger partial charge in [0.1, 0.15) is 0 Å². The van der Waals surface area contributed by atoms with Crippen molar-refractivity contribution in [1.29, 1.82) is 0 Å². The third kappa shape index (κ3) is 4.36. The first-order valence-electron chi connectivity index (χ1n) is 8.83. The maximum atomic E-state index is 11.3. The highest BCUT2D eigenvalue weighted by molar-refractivity contribution is 5.59. The van der Waals surface area contributed by atoms with Crippen molar-refractivity contribution in [2.45, 2.75) is 26.7 Å². The van der Waals surface area contributed by atoms with Crippen molar-refractivity contribution in [2.75, 3.05) is 18.0 Å². The summed E-state index contributed by atoms with van der Waals surface area (Å²) >= 11 is 0. The standard InChI is InChI=1S/C21H23N3O2/c1-16-5-3-7-19(15-16)8-4-6-18-11-13-23(14-12-18)21-20(24(25)26)10-9-17(2)22-21/h3-10,15H,11-14H2,1-2H3/b8-4+. The number of hydrogen-bond donors (Lipinski definition) is 0. The van der Waals surface area contributed by atoms with Gasteiger partial charge in [-0.2, -0.15) is 0 Å². The van der Waals surface area contributed by atoms with Crippen LogP contribution >= 0.6 is 0 Å². The number of hydrogen-bond acceptors (Lipinski definition) is 4. The highest BCUT2D eigenvalue weighted by Gasteiger charge is 2.23. The Morgan fingerprint density at radius 3 is 2.62 bits per heavy atom. The number of rotatable bonds is 4. The summed E-state index contributed by atoms with van der Waals surface area (Å²) in [6, 6.07) is 11.6. The molecule has 1 fully saturated rings. The van der Waals surface area contributed by atoms with Gasteiger partial charge in [-0.25, -0.2) is 4.98 Å². The molecule has 0 unspecified atom stereocenters. The normalized spacial score (nSPS) is 14.7. The van der Waals surface area contributed by atoms with Gasteiger partial charge in [-0.3, -0.25) is 10.1 Å². The molecular weight excluding hydrogens is 326 g/mol. The molecule has 0 bridgehead atoms. The number of pyridine rings is 1. The minimum atomic E-state index is -0.349. The second-order valence-corrected chi connectivity index (χ2v) is 6.64. The van der Waals surface area contributed by atoms with Gasteiger partial charge < -0.3 is 4.90 Å². The SMILES string of the molecule is Cc1cccc(/C=C/C=C2CCN(c3nc(C)ccc3[N+](=O)[O-])CC2)c1. The van der Waals surface area contributed by atoms with Crippen LogP contribution in [0.3, 0.4) is 0 Å². The van der Waals surface area contributed by atoms with Crippen molar-refractivity contribution in [3.8, 4) is 0 Å². The number of nitro groups is 1. The number of aryl methyl sites for hydroxylation is 2. The fraction of sp³-hybridized carbons (Fsp3) is 0.286. The first kappa shape index (κ1) is 17.9. The second-order valence-electron chi connectivity index (χ2n) is 6.64. The zero-order valence-electron chi connectivity index (χ0n) is 15.2. The van der Waals surface area contributed by atoms with Crippen LogP contribution in [0.2, 0.25) is 0 Å². The van der Waals surface area contributed by atoms with Crippen LogP contribution < -0.4 is 4.90 Å². The molecule has 1 aliphatic heterocycles. The molecule has 0 atom stereocenters. The van der Waals surface area contributed by atoms with Gasteiger partial charge in [0.2, 0.25) is 5.82 Å². The Labute approximate surface area is 153 Å². The number of anilines is 1. The number of piperidine rings is 1. The third-order valence-corrected chi connectivity index (χ3v) is 4.56. The summed E-state index contributed by atoms with van der Waals surface area (Å²) in [5, 5.41) is 11.3. The van der Waals surface area contributed by atoms with E-state index in [0.717, 1.165) is 31.6 Å². The third-order valence-electron chi connectivity index (χ3n) is 4.56. The monoisotopic (exact) mass is 349 g/mol. The van der Waals surface area contributed by atoms with E-state index >= 15 is 0 Å². The predicted octanol–water partition coefficient (Wildman–Crippen LogP) is 4.85. The zero-order chi connectivity index (χ0) is 18.5. The number of aromatic nitrogens is 1. The van der Waals surface area contributed by atoms with Crippen LogP contribution in [-0.4, -0.2) is 23.0 Å². The minimum absolute atomic E-state index is 0.0855. The minimum Gasteiger partial charge on any atom is -0.350 e. The molecule has 2 heterocycles. The van der Waals surface area contributed by atoms with Crippen LogP contribution in [0.15, 0.2) is 54.1 Å². The van der Waals surface area contributed by atoms with Gasteiger partial charge in [-0.05, 0) is 38.3 Å². The fourth-order valence-electron chi connectivity index (χ4n) is 3.15. The molecule has 2 aromatic rings. The van der Waals surface area contributed by atoms with Gasteiger partial charge in [0, 0.05) is 24.8 Å². The van der Waals surface area contributed by atoms with E-state index in [1.54, 1.807) is 12.1 Å². The first-order chi connectivity index (χ1) is 12.5. The topological polar surface area (TPSA) is 59.3 Å². The lowest BCUT2D eigenvalue weighted by molar-refractivity contribution is -0.384. The van der Waals surface area contributed by atoms with Crippen molar-refractivity contribution in [3.05, 3.63) is 81.1 Å². The molecule has 26 heavy (non-hydrogen) atoms. The average Bonchev–Trinajstić information content (AvgIpc) is 2.62. The van der Waals surface area contributed by atoms with Crippen molar-refractivity contribution >= 4 is 17.6 Å². The zero-order valence-corrected chi connectivity index (χ0v) is 15.2. The summed E-state index contributed by atoms with van der Waals surface area (Å²) in [4.78, 5) is 17.3. The molecule has 5 nitrogen and oxygen atoms in total. The van der Waals surface area contributed by atoms with Crippen molar-refractivity contribution in [2.24, 2.45) is 0 Å². The van der Waals surface area contributed by atoms with E-state index in [0.29, 0.717) is 5.82 Å². The van der Waals surface area contributed by atoms with E-state index < -0.39 is 0 Å². The molecule has 0 aliphatic carbocycles. The molecule has 134 valence electrons. The number of benzene rings is 1. The molecular formula is C21H23N3O2. The lowest BCUT2D eigenvalue weighted by atomic mass is 10.0. The lowest BCUT2D eigenvalue weighted by Crippen LogP contribution is -2.32. The summed E-state index contributed by atoms with van der Waals surface area (Å²) in [5.41, 5.74) is 4.69. The summed E-state index contributed by atoms with van der Waals surface area (Å²) in [7, 11) is 0. The van der Waals surface area contributed by atoms with Gasteiger partial charge in [-0.1, -0.05) is 53.6 Å². The van der Waals surface area contributed by atoms with Crippen LogP contribution in [0.25, 0.3) is 6.08 Å². The lowest BCUT2D eigenvalue weighted by Gasteiger charge is -2.29. The van der Waals surface area contributed by atoms with Gasteiger partial charge in [0.05, 0.1) is 4.92 Å².